The zero-order valence-corrected chi connectivity index (χ0v) is 11.4. The first kappa shape index (κ1) is 14.1. The summed E-state index contributed by atoms with van der Waals surface area (Å²) in [6.07, 6.45) is 2.18. The summed E-state index contributed by atoms with van der Waals surface area (Å²) in [6.45, 7) is 0.883. The van der Waals surface area contributed by atoms with Crippen LogP contribution in [-0.2, 0) is 12.3 Å². The summed E-state index contributed by atoms with van der Waals surface area (Å²) in [5.74, 6) is -2.17. The van der Waals surface area contributed by atoms with Crippen LogP contribution in [0.4, 0.5) is 8.78 Å². The van der Waals surface area contributed by atoms with Crippen molar-refractivity contribution in [2.75, 3.05) is 14.2 Å². The highest BCUT2D eigenvalue weighted by molar-refractivity contribution is 5.49. The minimum atomic E-state index is -2.93. The molecule has 1 aliphatic rings. The second kappa shape index (κ2) is 4.63. The fourth-order valence-electron chi connectivity index (χ4n) is 2.19. The molecule has 0 amide bonds. The average molecular weight is 271 g/mol. The number of alkyl halides is 2. The van der Waals surface area contributed by atoms with E-state index in [1.807, 2.05) is 0 Å². The Balaban J connectivity index is 2.48. The molecule has 1 saturated carbocycles. The predicted molar refractivity (Wildman–Crippen MR) is 69.0 cm³/mol. The van der Waals surface area contributed by atoms with Crippen LogP contribution in [0.5, 0.6) is 11.5 Å². The van der Waals surface area contributed by atoms with Crippen molar-refractivity contribution in [2.45, 2.75) is 37.6 Å². The molecule has 2 rings (SSSR count). The lowest BCUT2D eigenvalue weighted by Crippen LogP contribution is -2.26. The van der Waals surface area contributed by atoms with Crippen LogP contribution in [0.2, 0.25) is 0 Å². The number of rotatable bonds is 5. The summed E-state index contributed by atoms with van der Waals surface area (Å²) >= 11 is 0. The molecule has 1 aliphatic carbocycles. The molecule has 0 aromatic heterocycles. The Morgan fingerprint density at radius 2 is 1.74 bits per heavy atom. The van der Waals surface area contributed by atoms with E-state index in [-0.39, 0.29) is 11.1 Å². The lowest BCUT2D eigenvalue weighted by atomic mass is 9.95. The van der Waals surface area contributed by atoms with Gasteiger partial charge in [0.1, 0.15) is 0 Å². The van der Waals surface area contributed by atoms with E-state index in [2.05, 4.69) is 0 Å². The molecule has 0 aliphatic heterocycles. The van der Waals surface area contributed by atoms with Crippen LogP contribution in [-0.4, -0.2) is 19.8 Å². The summed E-state index contributed by atoms with van der Waals surface area (Å²) in [6, 6.07) is 2.96. The summed E-state index contributed by atoms with van der Waals surface area (Å²) < 4.78 is 37.7. The molecule has 106 valence electrons. The first-order chi connectivity index (χ1) is 8.79. The van der Waals surface area contributed by atoms with Gasteiger partial charge >= 0.3 is 0 Å². The van der Waals surface area contributed by atoms with Gasteiger partial charge in [0.15, 0.2) is 11.5 Å². The molecule has 0 unspecified atom stereocenters. The van der Waals surface area contributed by atoms with Gasteiger partial charge in [-0.15, -0.1) is 0 Å². The molecule has 0 bridgehead atoms. The van der Waals surface area contributed by atoms with Crippen LogP contribution in [0.25, 0.3) is 0 Å². The molecule has 5 heteroatoms. The lowest BCUT2D eigenvalue weighted by molar-refractivity contribution is 0.0162. The highest BCUT2D eigenvalue weighted by atomic mass is 19.3. The number of nitrogens with two attached hydrogens (primary N) is 1. The fraction of sp³-hybridized carbons (Fsp3) is 0.571. The van der Waals surface area contributed by atoms with Gasteiger partial charge in [0, 0.05) is 18.0 Å². The zero-order chi connectivity index (χ0) is 14.3. The molecular weight excluding hydrogens is 252 g/mol. The molecule has 19 heavy (non-hydrogen) atoms. The molecule has 1 aromatic carbocycles. The van der Waals surface area contributed by atoms with Crippen molar-refractivity contribution >= 4 is 0 Å². The minimum Gasteiger partial charge on any atom is -0.493 e. The fourth-order valence-corrected chi connectivity index (χ4v) is 2.19. The molecule has 3 nitrogen and oxygen atoms in total. The smallest absolute Gasteiger partial charge is 0.270 e. The summed E-state index contributed by atoms with van der Waals surface area (Å²) in [7, 11) is 2.92. The number of halogens is 2. The predicted octanol–water partition coefficient (Wildman–Crippen LogP) is 2.85. The van der Waals surface area contributed by atoms with Gasteiger partial charge in [-0.25, -0.2) is 8.78 Å². The van der Waals surface area contributed by atoms with Gasteiger partial charge in [-0.2, -0.15) is 0 Å². The number of methoxy groups -OCH3 is 2. The van der Waals surface area contributed by atoms with Crippen LogP contribution in [0.15, 0.2) is 12.1 Å². The largest absolute Gasteiger partial charge is 0.493 e. The van der Waals surface area contributed by atoms with Crippen LogP contribution < -0.4 is 15.2 Å². The van der Waals surface area contributed by atoms with E-state index in [4.69, 9.17) is 15.2 Å². The van der Waals surface area contributed by atoms with E-state index < -0.39 is 5.92 Å². The maximum atomic E-state index is 13.7. The quantitative estimate of drug-likeness (QED) is 0.895. The third-order valence-electron chi connectivity index (χ3n) is 3.52. The second-order valence-corrected chi connectivity index (χ2v) is 5.29. The molecular formula is C14H19F2NO2. The molecule has 0 radical (unpaired) electrons. The summed E-state index contributed by atoms with van der Waals surface area (Å²) in [5.41, 5.74) is 6.19. The minimum absolute atomic E-state index is 0.0399. The van der Waals surface area contributed by atoms with Gasteiger partial charge < -0.3 is 15.2 Å². The van der Waals surface area contributed by atoms with E-state index >= 15 is 0 Å². The van der Waals surface area contributed by atoms with Gasteiger partial charge in [-0.3, -0.25) is 0 Å². The van der Waals surface area contributed by atoms with Crippen molar-refractivity contribution in [3.05, 3.63) is 23.3 Å². The van der Waals surface area contributed by atoms with Gasteiger partial charge in [-0.1, -0.05) is 0 Å². The summed E-state index contributed by atoms with van der Waals surface area (Å²) in [5, 5.41) is 0. The molecule has 0 atom stereocenters. The van der Waals surface area contributed by atoms with E-state index in [0.717, 1.165) is 19.8 Å². The molecule has 0 saturated heterocycles. The topological polar surface area (TPSA) is 44.5 Å². The maximum absolute atomic E-state index is 13.7. The van der Waals surface area contributed by atoms with E-state index in [1.165, 1.54) is 20.3 Å². The molecule has 1 aromatic rings. The SMILES string of the molecule is COc1cc(CC2(N)CC2)c(C(C)(F)F)cc1OC. The van der Waals surface area contributed by atoms with Crippen molar-refractivity contribution in [1.29, 1.82) is 0 Å². The third-order valence-corrected chi connectivity index (χ3v) is 3.52. The second-order valence-electron chi connectivity index (χ2n) is 5.29. The number of hydrogen-bond acceptors (Lipinski definition) is 3. The summed E-state index contributed by atoms with van der Waals surface area (Å²) in [4.78, 5) is 0. The number of hydrogen-bond donors (Lipinski definition) is 1. The Bertz CT molecular complexity index is 479. The Hall–Kier alpha value is -1.36. The lowest BCUT2D eigenvalue weighted by Gasteiger charge is -2.21. The van der Waals surface area contributed by atoms with Crippen molar-refractivity contribution in [2.24, 2.45) is 5.73 Å². The van der Waals surface area contributed by atoms with Crippen molar-refractivity contribution in [3.8, 4) is 11.5 Å². The Labute approximate surface area is 111 Å². The van der Waals surface area contributed by atoms with Gasteiger partial charge in [0.05, 0.1) is 14.2 Å². The van der Waals surface area contributed by atoms with Gasteiger partial charge in [-0.05, 0) is 37.0 Å². The Morgan fingerprint density at radius 3 is 2.16 bits per heavy atom. The molecule has 0 spiro atoms. The third kappa shape index (κ3) is 2.97. The van der Waals surface area contributed by atoms with Crippen molar-refractivity contribution in [3.63, 3.8) is 0 Å². The molecule has 2 N–H and O–H groups in total. The van der Waals surface area contributed by atoms with Crippen molar-refractivity contribution in [1.82, 2.24) is 0 Å². The van der Waals surface area contributed by atoms with Crippen LogP contribution in [0.3, 0.4) is 0 Å². The zero-order valence-electron chi connectivity index (χ0n) is 11.4. The molecule has 0 heterocycles. The van der Waals surface area contributed by atoms with Crippen LogP contribution >= 0.6 is 0 Å². The first-order valence-corrected chi connectivity index (χ1v) is 6.21. The van der Waals surface area contributed by atoms with E-state index in [1.54, 1.807) is 6.07 Å². The Morgan fingerprint density at radius 1 is 1.21 bits per heavy atom. The number of ether oxygens (including phenoxy) is 2. The van der Waals surface area contributed by atoms with Crippen LogP contribution in [0, 0.1) is 0 Å². The van der Waals surface area contributed by atoms with E-state index in [9.17, 15) is 8.78 Å². The highest BCUT2D eigenvalue weighted by Crippen LogP contribution is 2.42. The van der Waals surface area contributed by atoms with Crippen molar-refractivity contribution < 1.29 is 18.3 Å². The molecule has 1 fully saturated rings. The van der Waals surface area contributed by atoms with Crippen LogP contribution in [0.1, 0.15) is 30.9 Å². The highest BCUT2D eigenvalue weighted by Gasteiger charge is 2.40. The number of benzene rings is 1. The standard InChI is InChI=1S/C14H19F2NO2/c1-13(15,16)10-7-12(19-3)11(18-2)6-9(10)8-14(17)4-5-14/h6-7H,4-5,8,17H2,1-3H3. The average Bonchev–Trinajstić information content (AvgIpc) is 3.04. The van der Waals surface area contributed by atoms with Gasteiger partial charge in [0.25, 0.3) is 5.92 Å². The van der Waals surface area contributed by atoms with Gasteiger partial charge in [0.2, 0.25) is 0 Å². The van der Waals surface area contributed by atoms with E-state index in [0.29, 0.717) is 23.5 Å². The Kier molecular flexibility index (Phi) is 3.43. The normalized spacial score (nSPS) is 17.2. The first-order valence-electron chi connectivity index (χ1n) is 6.21. The monoisotopic (exact) mass is 271 g/mol. The maximum Gasteiger partial charge on any atom is 0.270 e.